The third-order valence-electron chi connectivity index (χ3n) is 6.37. The molecule has 0 saturated heterocycles. The van der Waals surface area contributed by atoms with Gasteiger partial charge in [-0.3, -0.25) is 4.68 Å². The zero-order valence-corrected chi connectivity index (χ0v) is 19.3. The summed E-state index contributed by atoms with van der Waals surface area (Å²) < 4.78 is 74.8. The number of rotatable bonds is 5. The molecule has 0 radical (unpaired) electrons. The molecule has 0 aliphatic carbocycles. The molecule has 36 heavy (non-hydrogen) atoms. The second-order valence-electron chi connectivity index (χ2n) is 9.16. The number of urea groups is 1. The number of anilines is 1. The smallest absolute Gasteiger partial charge is 0.322 e. The van der Waals surface area contributed by atoms with Crippen LogP contribution in [0, 0.1) is 12.4 Å². The van der Waals surface area contributed by atoms with E-state index in [0.717, 1.165) is 10.7 Å². The lowest BCUT2D eigenvalue weighted by molar-refractivity contribution is -0.0927. The van der Waals surface area contributed by atoms with Crippen LogP contribution in [0.1, 0.15) is 36.7 Å². The second kappa shape index (κ2) is 9.67. The predicted octanol–water partition coefficient (Wildman–Crippen LogP) is 4.45. The highest BCUT2D eigenvalue weighted by Gasteiger charge is 2.48. The van der Waals surface area contributed by atoms with Crippen LogP contribution >= 0.6 is 0 Å². The van der Waals surface area contributed by atoms with Gasteiger partial charge in [-0.1, -0.05) is 0 Å². The fourth-order valence-corrected chi connectivity index (χ4v) is 4.58. The number of aliphatic hydroxyl groups is 1. The van der Waals surface area contributed by atoms with Crippen LogP contribution in [0.25, 0.3) is 4.85 Å². The van der Waals surface area contributed by atoms with Crippen molar-refractivity contribution in [3.63, 3.8) is 0 Å². The fourth-order valence-electron chi connectivity index (χ4n) is 4.58. The van der Waals surface area contributed by atoms with Gasteiger partial charge in [-0.2, -0.15) is 13.9 Å². The molecule has 0 bridgehead atoms. The van der Waals surface area contributed by atoms with Crippen molar-refractivity contribution in [1.82, 2.24) is 14.7 Å². The number of nitrogens with zero attached hydrogens (tertiary/aromatic N) is 4. The molecule has 194 valence electrons. The molecule has 0 unspecified atom stereocenters. The average molecular weight is 513 g/mol. The Kier molecular flexibility index (Phi) is 6.94. The molecule has 0 saturated carbocycles. The molecular formula is C23H24F5N5O3. The number of carbonyl (C=O) groups is 1. The van der Waals surface area contributed by atoms with Gasteiger partial charge in [0.2, 0.25) is 5.69 Å². The first-order chi connectivity index (χ1) is 16.9. The molecule has 1 aromatic heterocycles. The highest BCUT2D eigenvalue weighted by Crippen LogP contribution is 2.43. The van der Waals surface area contributed by atoms with Gasteiger partial charge in [0.15, 0.2) is 0 Å². The molecule has 2 aromatic rings. The van der Waals surface area contributed by atoms with Gasteiger partial charge in [0, 0.05) is 30.1 Å². The van der Waals surface area contributed by atoms with Gasteiger partial charge in [0.05, 0.1) is 32.0 Å². The quantitative estimate of drug-likeness (QED) is 0.457. The zero-order valence-electron chi connectivity index (χ0n) is 19.3. The number of hydrogen-bond acceptors (Lipinski definition) is 4. The SMILES string of the molecule is [C-]#[N+]c1cc(NC(=O)N2Cc3c(nn4c3C(F)(F)CC[C@@](O)(COCC(F)F)C4)C[C@H]2C)ccc1F. The number of hydrogen-bond donors (Lipinski definition) is 2. The Balaban J connectivity index is 1.58. The topological polar surface area (TPSA) is 84.0 Å². The number of halogens is 5. The van der Waals surface area contributed by atoms with Crippen molar-refractivity contribution >= 4 is 17.4 Å². The van der Waals surface area contributed by atoms with Gasteiger partial charge in [0.1, 0.15) is 23.7 Å². The second-order valence-corrected chi connectivity index (χ2v) is 9.16. The predicted molar refractivity (Wildman–Crippen MR) is 118 cm³/mol. The molecule has 2 aliphatic heterocycles. The van der Waals surface area contributed by atoms with Crippen molar-refractivity contribution in [1.29, 1.82) is 0 Å². The Hall–Kier alpha value is -3.24. The number of nitrogens with one attached hydrogen (secondary N) is 1. The molecule has 4 rings (SSSR count). The number of ether oxygens (including phenoxy) is 1. The van der Waals surface area contributed by atoms with Gasteiger partial charge in [-0.05, 0) is 31.5 Å². The molecule has 3 heterocycles. The number of fused-ring (bicyclic) bond motifs is 3. The third-order valence-corrected chi connectivity index (χ3v) is 6.37. The van der Waals surface area contributed by atoms with Gasteiger partial charge in [0.25, 0.3) is 12.3 Å². The van der Waals surface area contributed by atoms with Crippen LogP contribution < -0.4 is 5.32 Å². The summed E-state index contributed by atoms with van der Waals surface area (Å²) in [6.07, 6.45) is -3.74. The van der Waals surface area contributed by atoms with Crippen molar-refractivity contribution in [3.05, 3.63) is 52.4 Å². The van der Waals surface area contributed by atoms with E-state index in [1.165, 1.54) is 17.0 Å². The lowest BCUT2D eigenvalue weighted by Gasteiger charge is -2.33. The lowest BCUT2D eigenvalue weighted by atomic mass is 9.94. The molecule has 1 aromatic carbocycles. The van der Waals surface area contributed by atoms with Crippen LogP contribution in [0.5, 0.6) is 0 Å². The van der Waals surface area contributed by atoms with Crippen molar-refractivity contribution in [2.75, 3.05) is 18.5 Å². The van der Waals surface area contributed by atoms with Crippen molar-refractivity contribution in [2.45, 2.75) is 63.3 Å². The maximum absolute atomic E-state index is 15.3. The van der Waals surface area contributed by atoms with Crippen molar-refractivity contribution in [3.8, 4) is 0 Å². The monoisotopic (exact) mass is 513 g/mol. The average Bonchev–Trinajstić information content (AvgIpc) is 3.10. The first-order valence-electron chi connectivity index (χ1n) is 11.2. The largest absolute Gasteiger partial charge is 0.386 e. The van der Waals surface area contributed by atoms with Gasteiger partial charge in [-0.15, -0.1) is 0 Å². The van der Waals surface area contributed by atoms with Crippen molar-refractivity contribution in [2.24, 2.45) is 0 Å². The van der Waals surface area contributed by atoms with E-state index < -0.39 is 67.6 Å². The van der Waals surface area contributed by atoms with E-state index in [4.69, 9.17) is 11.3 Å². The summed E-state index contributed by atoms with van der Waals surface area (Å²) in [6.45, 7) is 6.69. The third kappa shape index (κ3) is 5.15. The minimum atomic E-state index is -3.39. The van der Waals surface area contributed by atoms with Crippen LogP contribution in [0.3, 0.4) is 0 Å². The number of alkyl halides is 4. The van der Waals surface area contributed by atoms with Crippen LogP contribution in [-0.4, -0.2) is 57.1 Å². The summed E-state index contributed by atoms with van der Waals surface area (Å²) >= 11 is 0. The number of benzene rings is 1. The van der Waals surface area contributed by atoms with E-state index >= 15 is 8.78 Å². The first kappa shape index (κ1) is 25.8. The Bertz CT molecular complexity index is 1200. The van der Waals surface area contributed by atoms with Crippen LogP contribution in [0.4, 0.5) is 38.1 Å². The molecule has 13 heteroatoms. The zero-order chi connectivity index (χ0) is 26.3. The number of carbonyl (C=O) groups excluding carboxylic acids is 1. The Labute approximate surface area is 203 Å². The maximum atomic E-state index is 15.3. The van der Waals surface area contributed by atoms with E-state index in [0.29, 0.717) is 5.69 Å². The normalized spacial score (nSPS) is 23.0. The van der Waals surface area contributed by atoms with E-state index in [9.17, 15) is 23.1 Å². The lowest BCUT2D eigenvalue weighted by Crippen LogP contribution is -2.45. The summed E-state index contributed by atoms with van der Waals surface area (Å²) in [6, 6.07) is 2.46. The van der Waals surface area contributed by atoms with E-state index in [1.54, 1.807) is 6.92 Å². The minimum absolute atomic E-state index is 0.159. The highest BCUT2D eigenvalue weighted by molar-refractivity contribution is 5.90. The Morgan fingerprint density at radius 1 is 1.39 bits per heavy atom. The summed E-state index contributed by atoms with van der Waals surface area (Å²) in [5.74, 6) is -4.12. The van der Waals surface area contributed by atoms with E-state index in [1.807, 2.05) is 0 Å². The van der Waals surface area contributed by atoms with E-state index in [-0.39, 0.29) is 36.4 Å². The van der Waals surface area contributed by atoms with Crippen LogP contribution in [0.2, 0.25) is 0 Å². The summed E-state index contributed by atoms with van der Waals surface area (Å²) in [7, 11) is 0. The summed E-state index contributed by atoms with van der Waals surface area (Å²) in [5.41, 5.74) is -1.82. The van der Waals surface area contributed by atoms with Crippen molar-refractivity contribution < 1.29 is 36.6 Å². The van der Waals surface area contributed by atoms with Gasteiger partial charge >= 0.3 is 6.03 Å². The number of amides is 2. The summed E-state index contributed by atoms with van der Waals surface area (Å²) in [5, 5.41) is 17.7. The highest BCUT2D eigenvalue weighted by atomic mass is 19.3. The van der Waals surface area contributed by atoms with Crippen LogP contribution in [-0.2, 0) is 30.2 Å². The molecule has 2 N–H and O–H groups in total. The van der Waals surface area contributed by atoms with Crippen LogP contribution in [0.15, 0.2) is 18.2 Å². The number of aromatic nitrogens is 2. The van der Waals surface area contributed by atoms with Gasteiger partial charge < -0.3 is 20.1 Å². The molecule has 0 spiro atoms. The fraction of sp³-hybridized carbons (Fsp3) is 0.522. The molecule has 2 atom stereocenters. The Morgan fingerprint density at radius 2 is 2.14 bits per heavy atom. The molecule has 8 nitrogen and oxygen atoms in total. The molecule has 2 aliphatic rings. The standard InChI is InChI=1S/C23H24F5N5O3/c1-13-7-17-15(9-32(13)21(34)30-14-3-4-16(24)18(8-14)29-2)20-23(27,28)6-5-22(35,11-33(20)31-17)12-36-10-19(25)26/h3-4,8,13,19,35H,5-7,9-12H2,1H3,(H,30,34)/t13-,22+/m1/s1. The summed E-state index contributed by atoms with van der Waals surface area (Å²) in [4.78, 5) is 17.4. The Morgan fingerprint density at radius 3 is 2.83 bits per heavy atom. The maximum Gasteiger partial charge on any atom is 0.322 e. The minimum Gasteiger partial charge on any atom is -0.386 e. The van der Waals surface area contributed by atoms with Gasteiger partial charge in [-0.25, -0.2) is 22.8 Å². The first-order valence-corrected chi connectivity index (χ1v) is 11.2. The molecule has 2 amide bonds. The molecule has 0 fully saturated rings. The van der Waals surface area contributed by atoms with E-state index in [2.05, 4.69) is 15.3 Å². The molecular weight excluding hydrogens is 489 g/mol.